The molecule has 0 aliphatic carbocycles. The highest BCUT2D eigenvalue weighted by molar-refractivity contribution is 14.1. The number of aromatic nitrogens is 1. The van der Waals surface area contributed by atoms with Gasteiger partial charge in [0.2, 0.25) is 0 Å². The smallest absolute Gasteiger partial charge is 0.269 e. The number of nitrogens with zero attached hydrogens (tertiary/aromatic N) is 2. The Labute approximate surface area is 150 Å². The average Bonchev–Trinajstić information content (AvgIpc) is 2.96. The van der Waals surface area contributed by atoms with Gasteiger partial charge in [-0.1, -0.05) is 6.07 Å². The minimum absolute atomic E-state index is 0.0960. The molecule has 0 N–H and O–H groups in total. The lowest BCUT2D eigenvalue weighted by Gasteiger charge is -2.07. The van der Waals surface area contributed by atoms with E-state index in [1.165, 1.54) is 18.3 Å². The summed E-state index contributed by atoms with van der Waals surface area (Å²) in [7, 11) is -3.98. The van der Waals surface area contributed by atoms with Crippen LogP contribution in [0.5, 0.6) is 0 Å². The van der Waals surface area contributed by atoms with Gasteiger partial charge in [0.1, 0.15) is 0 Å². The standard InChI is InChI=1S/C15H9IN2O5S/c16-13-2-1-3-14-15(13)10(9-19)8-17(14)24(22,23)12-6-4-11(5-7-12)18(20)21/h1-9H. The van der Waals surface area contributed by atoms with E-state index in [9.17, 15) is 23.3 Å². The first-order valence-corrected chi connectivity index (χ1v) is 9.13. The Morgan fingerprint density at radius 1 is 1.12 bits per heavy atom. The Morgan fingerprint density at radius 3 is 2.38 bits per heavy atom. The van der Waals surface area contributed by atoms with Crippen molar-refractivity contribution in [2.45, 2.75) is 4.90 Å². The van der Waals surface area contributed by atoms with Crippen molar-refractivity contribution in [3.05, 3.63) is 67.9 Å². The number of benzene rings is 2. The lowest BCUT2D eigenvalue weighted by atomic mass is 10.2. The molecule has 1 aromatic heterocycles. The molecule has 2 aromatic carbocycles. The number of non-ortho nitro benzene ring substituents is 1. The van der Waals surface area contributed by atoms with Gasteiger partial charge in [-0.2, -0.15) is 0 Å². The van der Waals surface area contributed by atoms with Gasteiger partial charge in [-0.05, 0) is 46.9 Å². The Hall–Kier alpha value is -2.27. The van der Waals surface area contributed by atoms with E-state index in [0.717, 1.165) is 19.7 Å². The van der Waals surface area contributed by atoms with Gasteiger partial charge in [0.15, 0.2) is 6.29 Å². The molecule has 7 nitrogen and oxygen atoms in total. The summed E-state index contributed by atoms with van der Waals surface area (Å²) < 4.78 is 27.5. The quantitative estimate of drug-likeness (QED) is 0.260. The second-order valence-electron chi connectivity index (χ2n) is 4.89. The molecule has 3 rings (SSSR count). The Bertz CT molecular complexity index is 1070. The molecule has 0 radical (unpaired) electrons. The third-order valence-corrected chi connectivity index (χ3v) is 6.09. The van der Waals surface area contributed by atoms with Crippen LogP contribution in [0.2, 0.25) is 0 Å². The van der Waals surface area contributed by atoms with E-state index < -0.39 is 14.9 Å². The van der Waals surface area contributed by atoms with Crippen LogP contribution < -0.4 is 0 Å². The van der Waals surface area contributed by atoms with Crippen molar-refractivity contribution in [3.63, 3.8) is 0 Å². The molecule has 0 bridgehead atoms. The maximum Gasteiger partial charge on any atom is 0.269 e. The van der Waals surface area contributed by atoms with Crippen molar-refractivity contribution in [2.75, 3.05) is 0 Å². The molecule has 1 heterocycles. The molecule has 3 aromatic rings. The molecule has 9 heteroatoms. The Balaban J connectivity index is 2.24. The van der Waals surface area contributed by atoms with Crippen LogP contribution in [0.3, 0.4) is 0 Å². The summed E-state index contributed by atoms with van der Waals surface area (Å²) in [5, 5.41) is 11.3. The summed E-state index contributed by atoms with van der Waals surface area (Å²) in [6.07, 6.45) is 1.86. The summed E-state index contributed by atoms with van der Waals surface area (Å²) in [4.78, 5) is 21.3. The molecule has 0 saturated heterocycles. The molecular formula is C15H9IN2O5S. The summed E-state index contributed by atoms with van der Waals surface area (Å²) in [6.45, 7) is 0. The van der Waals surface area contributed by atoms with Gasteiger partial charge in [0, 0.05) is 32.8 Å². The molecule has 0 aliphatic heterocycles. The van der Waals surface area contributed by atoms with Crippen LogP contribution in [0.4, 0.5) is 5.69 Å². The number of carbonyl (C=O) groups is 1. The van der Waals surface area contributed by atoms with Crippen molar-refractivity contribution in [3.8, 4) is 0 Å². The van der Waals surface area contributed by atoms with Crippen molar-refractivity contribution in [1.82, 2.24) is 3.97 Å². The third kappa shape index (κ3) is 2.59. The molecule has 0 atom stereocenters. The van der Waals surface area contributed by atoms with Crippen LogP contribution in [-0.4, -0.2) is 23.6 Å². The molecule has 0 saturated carbocycles. The minimum atomic E-state index is -3.98. The fourth-order valence-corrected chi connectivity index (χ4v) is 4.55. The topological polar surface area (TPSA) is 99.3 Å². The predicted octanol–water partition coefficient (Wildman–Crippen LogP) is 3.20. The average molecular weight is 456 g/mol. The molecule has 0 spiro atoms. The van der Waals surface area contributed by atoms with E-state index in [1.54, 1.807) is 18.2 Å². The summed E-state index contributed by atoms with van der Waals surface area (Å²) in [5.74, 6) is 0. The summed E-state index contributed by atoms with van der Waals surface area (Å²) in [5.41, 5.74) is 0.442. The molecule has 0 fully saturated rings. The maximum atomic E-state index is 12.8. The molecule has 0 aliphatic rings. The minimum Gasteiger partial charge on any atom is -0.298 e. The molecule has 122 valence electrons. The highest BCUT2D eigenvalue weighted by atomic mass is 127. The zero-order valence-electron chi connectivity index (χ0n) is 11.9. The highest BCUT2D eigenvalue weighted by Crippen LogP contribution is 2.29. The first-order valence-electron chi connectivity index (χ1n) is 6.61. The van der Waals surface area contributed by atoms with E-state index >= 15 is 0 Å². The SMILES string of the molecule is O=Cc1cn(S(=O)(=O)c2ccc([N+](=O)[O-])cc2)c2cccc(I)c12. The van der Waals surface area contributed by atoms with E-state index in [-0.39, 0.29) is 16.1 Å². The normalized spacial score (nSPS) is 11.5. The van der Waals surface area contributed by atoms with Crippen LogP contribution in [0.25, 0.3) is 10.9 Å². The predicted molar refractivity (Wildman–Crippen MR) is 95.7 cm³/mol. The monoisotopic (exact) mass is 456 g/mol. The number of nitro groups is 1. The highest BCUT2D eigenvalue weighted by Gasteiger charge is 2.22. The second kappa shape index (κ2) is 5.98. The molecule has 0 amide bonds. The maximum absolute atomic E-state index is 12.8. The van der Waals surface area contributed by atoms with Gasteiger partial charge in [0.25, 0.3) is 15.7 Å². The number of aldehydes is 1. The van der Waals surface area contributed by atoms with Crippen molar-refractivity contribution < 1.29 is 18.1 Å². The van der Waals surface area contributed by atoms with Crippen LogP contribution in [0, 0.1) is 13.7 Å². The first-order chi connectivity index (χ1) is 11.4. The molecular weight excluding hydrogens is 447 g/mol. The zero-order valence-corrected chi connectivity index (χ0v) is 14.9. The van der Waals surface area contributed by atoms with Gasteiger partial charge in [-0.15, -0.1) is 0 Å². The second-order valence-corrected chi connectivity index (χ2v) is 7.87. The Morgan fingerprint density at radius 2 is 1.79 bits per heavy atom. The number of rotatable bonds is 4. The van der Waals surface area contributed by atoms with Crippen LogP contribution in [0.1, 0.15) is 10.4 Å². The summed E-state index contributed by atoms with van der Waals surface area (Å²) >= 11 is 2.03. The van der Waals surface area contributed by atoms with Crippen LogP contribution >= 0.6 is 22.6 Å². The lowest BCUT2D eigenvalue weighted by molar-refractivity contribution is -0.384. The van der Waals surface area contributed by atoms with Gasteiger partial charge in [0.05, 0.1) is 15.3 Å². The first kappa shape index (κ1) is 16.6. The summed E-state index contributed by atoms with van der Waals surface area (Å²) in [6, 6.07) is 9.68. The number of hydrogen-bond donors (Lipinski definition) is 0. The van der Waals surface area contributed by atoms with Crippen molar-refractivity contribution in [2.24, 2.45) is 0 Å². The van der Waals surface area contributed by atoms with Crippen molar-refractivity contribution in [1.29, 1.82) is 0 Å². The van der Waals surface area contributed by atoms with Crippen molar-refractivity contribution >= 4 is 55.5 Å². The van der Waals surface area contributed by atoms with E-state index in [4.69, 9.17) is 0 Å². The van der Waals surface area contributed by atoms with E-state index in [1.807, 2.05) is 22.6 Å². The largest absolute Gasteiger partial charge is 0.298 e. The fourth-order valence-electron chi connectivity index (χ4n) is 2.38. The third-order valence-electron chi connectivity index (χ3n) is 3.51. The number of nitro benzene ring substituents is 1. The lowest BCUT2D eigenvalue weighted by Crippen LogP contribution is -2.11. The van der Waals surface area contributed by atoms with Gasteiger partial charge in [-0.25, -0.2) is 12.4 Å². The Kier molecular flexibility index (Phi) is 4.13. The number of fused-ring (bicyclic) bond motifs is 1. The number of hydrogen-bond acceptors (Lipinski definition) is 5. The number of halogens is 1. The molecule has 0 unspecified atom stereocenters. The number of carbonyl (C=O) groups excluding carboxylic acids is 1. The van der Waals surface area contributed by atoms with Gasteiger partial charge in [-0.3, -0.25) is 14.9 Å². The van der Waals surface area contributed by atoms with Gasteiger partial charge >= 0.3 is 0 Å². The van der Waals surface area contributed by atoms with Crippen LogP contribution in [0.15, 0.2) is 53.6 Å². The fraction of sp³-hybridized carbons (Fsp3) is 0. The van der Waals surface area contributed by atoms with E-state index in [2.05, 4.69) is 0 Å². The van der Waals surface area contributed by atoms with Crippen LogP contribution in [-0.2, 0) is 10.0 Å². The molecule has 24 heavy (non-hydrogen) atoms. The van der Waals surface area contributed by atoms with Gasteiger partial charge < -0.3 is 0 Å². The van der Waals surface area contributed by atoms with E-state index in [0.29, 0.717) is 17.2 Å². The zero-order chi connectivity index (χ0) is 17.5.